The van der Waals surface area contributed by atoms with E-state index in [0.717, 1.165) is 33.4 Å². The van der Waals surface area contributed by atoms with Crippen LogP contribution in [0.1, 0.15) is 80.2 Å². The molecule has 0 aromatic heterocycles. The van der Waals surface area contributed by atoms with Crippen molar-refractivity contribution in [2.24, 2.45) is 0 Å². The molecule has 214 valence electrons. The van der Waals surface area contributed by atoms with Crippen LogP contribution in [0, 0.1) is 0 Å². The third-order valence-electron chi connectivity index (χ3n) is 7.31. The van der Waals surface area contributed by atoms with E-state index in [0.29, 0.717) is 27.9 Å². The van der Waals surface area contributed by atoms with E-state index >= 15 is 0 Å². The molecule has 0 saturated carbocycles. The average Bonchev–Trinajstić information content (AvgIpc) is 2.90. The summed E-state index contributed by atoms with van der Waals surface area (Å²) in [7, 11) is 4.87. The van der Waals surface area contributed by atoms with Gasteiger partial charge in [0.2, 0.25) is 0 Å². The van der Waals surface area contributed by atoms with E-state index in [2.05, 4.69) is 41.5 Å². The lowest BCUT2D eigenvalue weighted by Crippen LogP contribution is -2.21. The van der Waals surface area contributed by atoms with Gasteiger partial charge in [-0.15, -0.1) is 0 Å². The lowest BCUT2D eigenvalue weighted by molar-refractivity contribution is 0.354. The van der Waals surface area contributed by atoms with Crippen molar-refractivity contribution in [2.45, 2.75) is 57.6 Å². The van der Waals surface area contributed by atoms with Gasteiger partial charge < -0.3 is 24.1 Å². The Morgan fingerprint density at radius 2 is 1.20 bits per heavy atom. The first kappa shape index (κ1) is 29.5. The predicted molar refractivity (Wildman–Crippen MR) is 162 cm³/mol. The molecule has 0 amide bonds. The minimum atomic E-state index is -1.51. The molecule has 7 heteroatoms. The van der Waals surface area contributed by atoms with Gasteiger partial charge in [0.15, 0.2) is 23.0 Å². The van der Waals surface area contributed by atoms with Crippen LogP contribution in [0.25, 0.3) is 11.0 Å². The zero-order valence-electron chi connectivity index (χ0n) is 25.1. The smallest absolute Gasteiger partial charge is 0.161 e. The zero-order chi connectivity index (χ0) is 29.6. The van der Waals surface area contributed by atoms with E-state index in [1.54, 1.807) is 28.4 Å². The number of methoxy groups -OCH3 is 4. The Bertz CT molecular complexity index is 1450. The Labute approximate surface area is 240 Å². The summed E-state index contributed by atoms with van der Waals surface area (Å²) in [4.78, 5) is 0.661. The second kappa shape index (κ2) is 10.8. The predicted octanol–water partition coefficient (Wildman–Crippen LogP) is 7.37. The molecule has 40 heavy (non-hydrogen) atoms. The van der Waals surface area contributed by atoms with E-state index in [4.69, 9.17) is 18.9 Å². The van der Waals surface area contributed by atoms with Gasteiger partial charge >= 0.3 is 0 Å². The van der Waals surface area contributed by atoms with Crippen molar-refractivity contribution in [3.63, 3.8) is 0 Å². The van der Waals surface area contributed by atoms with Crippen LogP contribution in [0.5, 0.6) is 28.7 Å². The van der Waals surface area contributed by atoms with E-state index in [1.807, 2.05) is 48.5 Å². The molecule has 0 spiro atoms. The van der Waals surface area contributed by atoms with Crippen molar-refractivity contribution in [2.75, 3.05) is 28.4 Å². The number of phenols is 1. The summed E-state index contributed by atoms with van der Waals surface area (Å²) in [6.07, 6.45) is 1.95. The van der Waals surface area contributed by atoms with Crippen LogP contribution >= 0.6 is 0 Å². The SMILES string of the molecule is COc1ccc(C2=Cc3cc(OC)c(OC)cc3[C@H](c3cc(C(C)(C)C)c(O)c(C(C)(C)C)c3)[S@]2=O)cc1OC. The second-order valence-corrected chi connectivity index (χ2v) is 13.6. The molecule has 0 aliphatic carbocycles. The second-order valence-electron chi connectivity index (χ2n) is 12.1. The van der Waals surface area contributed by atoms with Crippen LogP contribution in [0.15, 0.2) is 42.5 Å². The number of benzene rings is 3. The molecule has 4 rings (SSSR count). The van der Waals surface area contributed by atoms with E-state index in [-0.39, 0.29) is 16.6 Å². The standard InChI is InChI=1S/C33H40O6S/c1-32(2,3)23-13-21(14-24(30(23)34)33(4,5)6)31-22-18-28(39-10)27(38-9)16-20(22)17-29(40(31)35)19-11-12-25(36-7)26(15-19)37-8/h11-18,31,34H,1-10H3/t31-,40-/m0/s1. The van der Waals surface area contributed by atoms with Gasteiger partial charge in [-0.3, -0.25) is 4.21 Å². The lowest BCUT2D eigenvalue weighted by Gasteiger charge is -2.32. The van der Waals surface area contributed by atoms with Gasteiger partial charge in [0.05, 0.1) is 44.5 Å². The average molecular weight is 565 g/mol. The monoisotopic (exact) mass is 564 g/mol. The molecule has 1 N–H and O–H groups in total. The molecular formula is C33H40O6S. The fraction of sp³-hybridized carbons (Fsp3) is 0.394. The van der Waals surface area contributed by atoms with E-state index < -0.39 is 16.0 Å². The van der Waals surface area contributed by atoms with Gasteiger partial charge in [0.25, 0.3) is 0 Å². The summed E-state index contributed by atoms with van der Waals surface area (Å²) >= 11 is 0. The van der Waals surface area contributed by atoms with Gasteiger partial charge in [-0.1, -0.05) is 41.5 Å². The Balaban J connectivity index is 2.05. The van der Waals surface area contributed by atoms with Crippen molar-refractivity contribution in [1.29, 1.82) is 0 Å². The summed E-state index contributed by atoms with van der Waals surface area (Å²) in [5, 5.41) is 10.9. The minimum absolute atomic E-state index is 0.286. The van der Waals surface area contributed by atoms with Crippen LogP contribution < -0.4 is 18.9 Å². The van der Waals surface area contributed by atoms with Gasteiger partial charge in [-0.2, -0.15) is 0 Å². The van der Waals surface area contributed by atoms with Crippen LogP contribution in [0.3, 0.4) is 0 Å². The summed E-state index contributed by atoms with van der Waals surface area (Å²) < 4.78 is 36.9. The molecular weight excluding hydrogens is 524 g/mol. The fourth-order valence-corrected chi connectivity index (χ4v) is 6.82. The molecule has 3 aromatic rings. The van der Waals surface area contributed by atoms with E-state index in [9.17, 15) is 9.32 Å². The number of hydrogen-bond donors (Lipinski definition) is 1. The molecule has 0 fully saturated rings. The largest absolute Gasteiger partial charge is 0.507 e. The summed E-state index contributed by atoms with van der Waals surface area (Å²) in [6.45, 7) is 12.5. The highest BCUT2D eigenvalue weighted by Crippen LogP contribution is 2.49. The highest BCUT2D eigenvalue weighted by Gasteiger charge is 2.35. The molecule has 0 unspecified atom stereocenters. The highest BCUT2D eigenvalue weighted by molar-refractivity contribution is 7.95. The molecule has 3 aromatic carbocycles. The van der Waals surface area contributed by atoms with Gasteiger partial charge in [0.1, 0.15) is 5.75 Å². The first-order valence-corrected chi connectivity index (χ1v) is 14.4. The third kappa shape index (κ3) is 5.31. The normalized spacial score (nSPS) is 17.1. The lowest BCUT2D eigenvalue weighted by atomic mass is 9.77. The Kier molecular flexibility index (Phi) is 8.01. The van der Waals surface area contributed by atoms with Crippen LogP contribution in [0.2, 0.25) is 0 Å². The number of fused-ring (bicyclic) bond motifs is 1. The maximum absolute atomic E-state index is 14.6. The van der Waals surface area contributed by atoms with Gasteiger partial charge in [-0.25, -0.2) is 0 Å². The molecule has 0 bridgehead atoms. The zero-order valence-corrected chi connectivity index (χ0v) is 25.9. The Morgan fingerprint density at radius 3 is 1.70 bits per heavy atom. The number of hydrogen-bond acceptors (Lipinski definition) is 6. The summed E-state index contributed by atoms with van der Waals surface area (Å²) in [6, 6.07) is 13.4. The molecule has 0 saturated heterocycles. The minimum Gasteiger partial charge on any atom is -0.507 e. The first-order valence-electron chi connectivity index (χ1n) is 13.2. The van der Waals surface area contributed by atoms with Gasteiger partial charge in [0, 0.05) is 4.91 Å². The molecule has 1 aliphatic rings. The van der Waals surface area contributed by atoms with Crippen molar-refractivity contribution in [1.82, 2.24) is 0 Å². The molecule has 1 heterocycles. The summed E-state index contributed by atoms with van der Waals surface area (Å²) in [5.74, 6) is 2.60. The molecule has 6 nitrogen and oxygen atoms in total. The number of aromatic hydroxyl groups is 1. The van der Waals surface area contributed by atoms with Crippen molar-refractivity contribution < 1.29 is 28.3 Å². The van der Waals surface area contributed by atoms with Crippen LogP contribution in [-0.2, 0) is 21.6 Å². The Morgan fingerprint density at radius 1 is 0.700 bits per heavy atom. The van der Waals surface area contributed by atoms with Crippen LogP contribution in [0.4, 0.5) is 0 Å². The summed E-state index contributed by atoms with van der Waals surface area (Å²) in [5.41, 5.74) is 4.35. The maximum Gasteiger partial charge on any atom is 0.161 e. The van der Waals surface area contributed by atoms with E-state index in [1.165, 1.54) is 0 Å². The maximum atomic E-state index is 14.6. The van der Waals surface area contributed by atoms with Crippen LogP contribution in [-0.4, -0.2) is 37.8 Å². The van der Waals surface area contributed by atoms with Gasteiger partial charge in [-0.05, 0) is 92.8 Å². The number of rotatable bonds is 6. The first-order chi connectivity index (χ1) is 18.7. The number of phenolic OH excluding ortho intramolecular Hbond substituents is 1. The molecule has 1 aliphatic heterocycles. The highest BCUT2D eigenvalue weighted by atomic mass is 32.2. The van der Waals surface area contributed by atoms with Crippen molar-refractivity contribution in [3.8, 4) is 28.7 Å². The Hall–Kier alpha value is -3.45. The molecule has 0 radical (unpaired) electrons. The number of ether oxygens (including phenoxy) is 4. The third-order valence-corrected chi connectivity index (χ3v) is 9.05. The quantitative estimate of drug-likeness (QED) is 0.337. The molecule has 2 atom stereocenters. The van der Waals surface area contributed by atoms with Crippen molar-refractivity contribution in [3.05, 3.63) is 75.8 Å². The topological polar surface area (TPSA) is 74.2 Å². The van der Waals surface area contributed by atoms with Crippen molar-refractivity contribution >= 4 is 21.8 Å². The fourth-order valence-electron chi connectivity index (χ4n) is 5.15.